The predicted molar refractivity (Wildman–Crippen MR) is 124 cm³/mol. The second-order valence-corrected chi connectivity index (χ2v) is 9.96. The molecule has 1 saturated heterocycles. The number of hydrogen-bond acceptors (Lipinski definition) is 7. The number of nitrogens with zero attached hydrogens (tertiary/aromatic N) is 3. The van der Waals surface area contributed by atoms with E-state index >= 15 is 0 Å². The zero-order valence-corrected chi connectivity index (χ0v) is 18.7. The minimum atomic E-state index is -0.411. The number of amides is 1. The van der Waals surface area contributed by atoms with Crippen LogP contribution in [0.4, 0.5) is 5.69 Å². The van der Waals surface area contributed by atoms with Gasteiger partial charge in [0.15, 0.2) is 4.34 Å². The third-order valence-electron chi connectivity index (χ3n) is 5.33. The summed E-state index contributed by atoms with van der Waals surface area (Å²) in [5, 5.41) is 14.0. The molecule has 0 saturated carbocycles. The lowest BCUT2D eigenvalue weighted by molar-refractivity contribution is -0.384. The van der Waals surface area contributed by atoms with Crippen LogP contribution in [-0.2, 0) is 11.3 Å². The molecule has 4 rings (SSSR count). The summed E-state index contributed by atoms with van der Waals surface area (Å²) in [6, 6.07) is 15.1. The van der Waals surface area contributed by atoms with E-state index in [9.17, 15) is 14.9 Å². The van der Waals surface area contributed by atoms with Gasteiger partial charge in [-0.05, 0) is 36.9 Å². The van der Waals surface area contributed by atoms with Gasteiger partial charge >= 0.3 is 0 Å². The van der Waals surface area contributed by atoms with E-state index in [1.165, 1.54) is 40.8 Å². The third-order valence-corrected chi connectivity index (χ3v) is 7.49. The SMILES string of the molecule is O=C(CSc1nc2ccc([N+](=O)[O-])cc2s1)NCC1CCCN(Cc2ccccc2)C1. The number of benzene rings is 2. The molecule has 1 N–H and O–H groups in total. The number of hydrogen-bond donors (Lipinski definition) is 1. The van der Waals surface area contributed by atoms with Gasteiger partial charge in [-0.25, -0.2) is 4.98 Å². The molecule has 162 valence electrons. The predicted octanol–water partition coefficient (Wildman–Crippen LogP) is 4.33. The summed E-state index contributed by atoms with van der Waals surface area (Å²) in [5.74, 6) is 0.757. The van der Waals surface area contributed by atoms with Gasteiger partial charge in [0.25, 0.3) is 5.69 Å². The van der Waals surface area contributed by atoms with Gasteiger partial charge < -0.3 is 5.32 Å². The van der Waals surface area contributed by atoms with Crippen molar-refractivity contribution in [3.8, 4) is 0 Å². The van der Waals surface area contributed by atoms with Crippen LogP contribution >= 0.6 is 23.1 Å². The summed E-state index contributed by atoms with van der Waals surface area (Å²) >= 11 is 2.75. The molecule has 3 aromatic rings. The fourth-order valence-corrected chi connectivity index (χ4v) is 5.74. The lowest BCUT2D eigenvalue weighted by atomic mass is 9.97. The van der Waals surface area contributed by atoms with E-state index in [0.29, 0.717) is 18.2 Å². The van der Waals surface area contributed by atoms with Crippen LogP contribution in [0.5, 0.6) is 0 Å². The smallest absolute Gasteiger partial charge is 0.270 e. The maximum atomic E-state index is 12.3. The lowest BCUT2D eigenvalue weighted by Gasteiger charge is -2.32. The van der Waals surface area contributed by atoms with Crippen LogP contribution in [0.3, 0.4) is 0 Å². The topological polar surface area (TPSA) is 88.4 Å². The Hall–Kier alpha value is -2.49. The molecule has 1 unspecified atom stereocenters. The summed E-state index contributed by atoms with van der Waals surface area (Å²) in [4.78, 5) is 29.8. The summed E-state index contributed by atoms with van der Waals surface area (Å²) in [6.45, 7) is 3.75. The molecule has 0 spiro atoms. The number of thioether (sulfide) groups is 1. The fraction of sp³-hybridized carbons (Fsp3) is 0.364. The van der Waals surface area contributed by atoms with E-state index in [-0.39, 0.29) is 11.6 Å². The first kappa shape index (κ1) is 21.7. The second kappa shape index (κ2) is 10.2. The number of nitro groups is 1. The van der Waals surface area contributed by atoms with Gasteiger partial charge in [-0.2, -0.15) is 0 Å². The number of fused-ring (bicyclic) bond motifs is 1. The number of piperidine rings is 1. The van der Waals surface area contributed by atoms with Gasteiger partial charge in [0.2, 0.25) is 5.91 Å². The maximum Gasteiger partial charge on any atom is 0.270 e. The van der Waals surface area contributed by atoms with Gasteiger partial charge in [0, 0.05) is 31.8 Å². The van der Waals surface area contributed by atoms with Crippen molar-refractivity contribution in [3.05, 3.63) is 64.2 Å². The summed E-state index contributed by atoms with van der Waals surface area (Å²) in [7, 11) is 0. The Labute approximate surface area is 189 Å². The number of thiazole rings is 1. The minimum Gasteiger partial charge on any atom is -0.355 e. The Morgan fingerprint density at radius 2 is 2.13 bits per heavy atom. The van der Waals surface area contributed by atoms with E-state index in [1.807, 2.05) is 6.07 Å². The average Bonchev–Trinajstić information content (AvgIpc) is 3.19. The highest BCUT2D eigenvalue weighted by atomic mass is 32.2. The molecule has 7 nitrogen and oxygen atoms in total. The van der Waals surface area contributed by atoms with Crippen molar-refractivity contribution in [2.75, 3.05) is 25.4 Å². The normalized spacial score (nSPS) is 17.0. The largest absolute Gasteiger partial charge is 0.355 e. The molecule has 31 heavy (non-hydrogen) atoms. The first-order valence-electron chi connectivity index (χ1n) is 10.3. The van der Waals surface area contributed by atoms with Crippen LogP contribution in [0.25, 0.3) is 10.2 Å². The molecule has 0 bridgehead atoms. The number of aromatic nitrogens is 1. The van der Waals surface area contributed by atoms with Crippen molar-refractivity contribution in [2.24, 2.45) is 5.92 Å². The number of non-ortho nitro benzene ring substituents is 1. The number of carbonyl (C=O) groups is 1. The molecule has 1 amide bonds. The molecule has 1 aromatic heterocycles. The molecule has 1 atom stereocenters. The molecular formula is C22H24N4O3S2. The van der Waals surface area contributed by atoms with Crippen molar-refractivity contribution < 1.29 is 9.72 Å². The summed E-state index contributed by atoms with van der Waals surface area (Å²) < 4.78 is 1.51. The molecule has 2 heterocycles. The van der Waals surface area contributed by atoms with Crippen LogP contribution in [0.15, 0.2) is 52.9 Å². The lowest BCUT2D eigenvalue weighted by Crippen LogP contribution is -2.40. The second-order valence-electron chi connectivity index (χ2n) is 7.71. The average molecular weight is 457 g/mol. The molecule has 9 heteroatoms. The number of nitro benzene ring substituents is 1. The Morgan fingerprint density at radius 3 is 2.94 bits per heavy atom. The van der Waals surface area contributed by atoms with E-state index in [1.54, 1.807) is 6.07 Å². The third kappa shape index (κ3) is 6.03. The Bertz CT molecular complexity index is 1060. The Morgan fingerprint density at radius 1 is 1.29 bits per heavy atom. The highest BCUT2D eigenvalue weighted by Crippen LogP contribution is 2.31. The standard InChI is InChI=1S/C22H24N4O3S2/c27-21(15-30-22-24-19-9-8-18(26(28)29)11-20(19)31-22)23-12-17-7-4-10-25(14-17)13-16-5-2-1-3-6-16/h1-3,5-6,8-9,11,17H,4,7,10,12-15H2,(H,23,27). The number of carbonyl (C=O) groups excluding carboxylic acids is 1. The highest BCUT2D eigenvalue weighted by molar-refractivity contribution is 8.01. The number of likely N-dealkylation sites (tertiary alicyclic amines) is 1. The molecule has 2 aromatic carbocycles. The minimum absolute atomic E-state index is 0.00424. The molecular weight excluding hydrogens is 432 g/mol. The van der Waals surface area contributed by atoms with Crippen LogP contribution in [0.2, 0.25) is 0 Å². The van der Waals surface area contributed by atoms with Gasteiger partial charge in [-0.3, -0.25) is 19.8 Å². The van der Waals surface area contributed by atoms with Crippen molar-refractivity contribution in [3.63, 3.8) is 0 Å². The van der Waals surface area contributed by atoms with Crippen molar-refractivity contribution in [2.45, 2.75) is 23.7 Å². The van der Waals surface area contributed by atoms with E-state index in [4.69, 9.17) is 0 Å². The van der Waals surface area contributed by atoms with E-state index in [2.05, 4.69) is 39.5 Å². The summed E-state index contributed by atoms with van der Waals surface area (Å²) in [6.07, 6.45) is 2.29. The zero-order valence-electron chi connectivity index (χ0n) is 17.0. The van der Waals surface area contributed by atoms with Gasteiger partial charge in [-0.1, -0.05) is 42.1 Å². The molecule has 1 aliphatic heterocycles. The van der Waals surface area contributed by atoms with Crippen molar-refractivity contribution in [1.29, 1.82) is 0 Å². The Kier molecular flexibility index (Phi) is 7.16. The highest BCUT2D eigenvalue weighted by Gasteiger charge is 2.20. The maximum absolute atomic E-state index is 12.3. The monoisotopic (exact) mass is 456 g/mol. The van der Waals surface area contributed by atoms with Gasteiger partial charge in [0.05, 0.1) is 20.9 Å². The summed E-state index contributed by atoms with van der Waals surface area (Å²) in [5.41, 5.74) is 2.10. The zero-order chi connectivity index (χ0) is 21.6. The molecule has 1 fully saturated rings. The van der Waals surface area contributed by atoms with Gasteiger partial charge in [-0.15, -0.1) is 11.3 Å². The van der Waals surface area contributed by atoms with E-state index < -0.39 is 4.92 Å². The quantitative estimate of drug-likeness (QED) is 0.308. The number of nitrogens with one attached hydrogen (secondary N) is 1. The van der Waals surface area contributed by atoms with Gasteiger partial charge in [0.1, 0.15) is 0 Å². The number of rotatable bonds is 8. The first-order chi connectivity index (χ1) is 15.1. The fourth-order valence-electron chi connectivity index (χ4n) is 3.81. The molecule has 1 aliphatic rings. The van der Waals surface area contributed by atoms with E-state index in [0.717, 1.165) is 47.0 Å². The molecule has 0 aliphatic carbocycles. The van der Waals surface area contributed by atoms with Crippen LogP contribution in [-0.4, -0.2) is 46.1 Å². The Balaban J connectivity index is 1.23. The van der Waals surface area contributed by atoms with Crippen LogP contribution in [0, 0.1) is 16.0 Å². The van der Waals surface area contributed by atoms with Crippen molar-refractivity contribution in [1.82, 2.24) is 15.2 Å². The first-order valence-corrected chi connectivity index (χ1v) is 12.1. The van der Waals surface area contributed by atoms with Crippen LogP contribution < -0.4 is 5.32 Å². The molecule has 0 radical (unpaired) electrons. The van der Waals surface area contributed by atoms with Crippen molar-refractivity contribution >= 4 is 44.9 Å². The van der Waals surface area contributed by atoms with Crippen LogP contribution in [0.1, 0.15) is 18.4 Å².